The number of aliphatic hydroxyl groups is 1. The average Bonchev–Trinajstić information content (AvgIpc) is 2.77. The smallest absolute Gasteiger partial charge is 0.406 e. The number of halogens is 6. The normalized spacial score (nSPS) is 12.9. The number of aliphatic hydroxyl groups excluding tert-OH is 1. The first-order chi connectivity index (χ1) is 16.0. The maximum Gasteiger partial charge on any atom is 0.573 e. The van der Waals surface area contributed by atoms with Gasteiger partial charge in [0.05, 0.1) is 0 Å². The third-order valence-electron chi connectivity index (χ3n) is 5.13. The van der Waals surface area contributed by atoms with Crippen molar-refractivity contribution >= 4 is 5.69 Å². The van der Waals surface area contributed by atoms with E-state index in [0.29, 0.717) is 11.3 Å². The van der Waals surface area contributed by atoms with Crippen LogP contribution in [0.1, 0.15) is 18.4 Å². The Bertz CT molecular complexity index is 1040. The van der Waals surface area contributed by atoms with Crippen LogP contribution in [-0.2, 0) is 6.54 Å². The van der Waals surface area contributed by atoms with Crippen LogP contribution in [0.4, 0.5) is 32.0 Å². The van der Waals surface area contributed by atoms with Gasteiger partial charge in [0.1, 0.15) is 11.9 Å². The molecule has 0 heterocycles. The number of hydrogen-bond acceptors (Lipinski definition) is 3. The number of benzene rings is 3. The molecule has 0 bridgehead atoms. The Labute approximate surface area is 193 Å². The summed E-state index contributed by atoms with van der Waals surface area (Å²) in [6, 6.07) is 22.4. The molecule has 1 atom stereocenters. The molecule has 1 N–H and O–H groups in total. The Hall–Kier alpha value is -3.20. The van der Waals surface area contributed by atoms with E-state index in [1.54, 1.807) is 23.1 Å². The Kier molecular flexibility index (Phi) is 8.09. The molecule has 9 heteroatoms. The summed E-state index contributed by atoms with van der Waals surface area (Å²) in [5.74, 6) is -0.378. The zero-order valence-corrected chi connectivity index (χ0v) is 18.0. The summed E-state index contributed by atoms with van der Waals surface area (Å²) in [5.41, 5.74) is 3.11. The minimum absolute atomic E-state index is 0.0276. The van der Waals surface area contributed by atoms with Crippen LogP contribution in [0.2, 0.25) is 0 Å². The number of alkyl halides is 6. The van der Waals surface area contributed by atoms with Crippen molar-refractivity contribution in [1.82, 2.24) is 0 Å². The average molecular weight is 483 g/mol. The highest BCUT2D eigenvalue weighted by molar-refractivity contribution is 5.66. The minimum atomic E-state index is -4.83. The van der Waals surface area contributed by atoms with E-state index in [1.165, 1.54) is 18.2 Å². The molecule has 34 heavy (non-hydrogen) atoms. The van der Waals surface area contributed by atoms with Crippen LogP contribution in [0.5, 0.6) is 5.75 Å². The van der Waals surface area contributed by atoms with Gasteiger partial charge in [0.25, 0.3) is 0 Å². The molecule has 0 radical (unpaired) electrons. The van der Waals surface area contributed by atoms with Gasteiger partial charge in [-0.05, 0) is 53.8 Å². The minimum Gasteiger partial charge on any atom is -0.406 e. The van der Waals surface area contributed by atoms with E-state index < -0.39 is 25.1 Å². The molecule has 182 valence electrons. The third kappa shape index (κ3) is 7.69. The number of hydrogen-bond donors (Lipinski definition) is 1. The standard InChI is InChI=1S/C25H23F6NO2/c26-24(27,28)23(33)10-5-15-32(17-18-6-4-9-22(16-18)34-25(29,30)31)21-13-11-20(12-14-21)19-7-2-1-3-8-19/h1-4,6-9,11-14,16,23,33H,5,10,15,17H2. The van der Waals surface area contributed by atoms with Crippen LogP contribution < -0.4 is 9.64 Å². The summed E-state index contributed by atoms with van der Waals surface area (Å²) in [4.78, 5) is 1.75. The van der Waals surface area contributed by atoms with Crippen molar-refractivity contribution in [2.24, 2.45) is 0 Å². The Balaban J connectivity index is 1.79. The fraction of sp³-hybridized carbons (Fsp3) is 0.280. The molecule has 0 spiro atoms. The molecule has 0 saturated carbocycles. The van der Waals surface area contributed by atoms with Gasteiger partial charge >= 0.3 is 12.5 Å². The first kappa shape index (κ1) is 25.4. The van der Waals surface area contributed by atoms with E-state index in [9.17, 15) is 31.4 Å². The van der Waals surface area contributed by atoms with Gasteiger partial charge in [-0.3, -0.25) is 0 Å². The highest BCUT2D eigenvalue weighted by atomic mass is 19.4. The van der Waals surface area contributed by atoms with Crippen molar-refractivity contribution in [2.75, 3.05) is 11.4 Å². The molecule has 0 aromatic heterocycles. The van der Waals surface area contributed by atoms with Crippen LogP contribution in [0.3, 0.4) is 0 Å². The lowest BCUT2D eigenvalue weighted by Gasteiger charge is -2.26. The fourth-order valence-electron chi connectivity index (χ4n) is 3.50. The Morgan fingerprint density at radius 1 is 0.794 bits per heavy atom. The molecule has 3 aromatic carbocycles. The van der Waals surface area contributed by atoms with Gasteiger partial charge in [0.2, 0.25) is 0 Å². The largest absolute Gasteiger partial charge is 0.573 e. The number of nitrogens with zero attached hydrogens (tertiary/aromatic N) is 1. The van der Waals surface area contributed by atoms with Gasteiger partial charge < -0.3 is 14.7 Å². The van der Waals surface area contributed by atoms with Crippen LogP contribution >= 0.6 is 0 Å². The van der Waals surface area contributed by atoms with Gasteiger partial charge in [-0.15, -0.1) is 13.2 Å². The summed E-state index contributed by atoms with van der Waals surface area (Å²) in [6.45, 7) is 0.296. The van der Waals surface area contributed by atoms with Crippen LogP contribution in [0.15, 0.2) is 78.9 Å². The Morgan fingerprint density at radius 2 is 1.44 bits per heavy atom. The van der Waals surface area contributed by atoms with E-state index in [4.69, 9.17) is 0 Å². The molecular formula is C25H23F6NO2. The van der Waals surface area contributed by atoms with Crippen molar-refractivity contribution in [3.05, 3.63) is 84.4 Å². The van der Waals surface area contributed by atoms with Crippen LogP contribution in [-0.4, -0.2) is 30.3 Å². The molecule has 3 aromatic rings. The molecular weight excluding hydrogens is 460 g/mol. The quantitative estimate of drug-likeness (QED) is 0.334. The molecule has 0 aliphatic heterocycles. The first-order valence-electron chi connectivity index (χ1n) is 10.5. The monoisotopic (exact) mass is 483 g/mol. The highest BCUT2D eigenvalue weighted by Crippen LogP contribution is 2.28. The van der Waals surface area contributed by atoms with Crippen molar-refractivity contribution in [2.45, 2.75) is 38.0 Å². The fourth-order valence-corrected chi connectivity index (χ4v) is 3.50. The zero-order valence-electron chi connectivity index (χ0n) is 18.0. The summed E-state index contributed by atoms with van der Waals surface area (Å²) in [7, 11) is 0. The third-order valence-corrected chi connectivity index (χ3v) is 5.13. The van der Waals surface area contributed by atoms with E-state index in [-0.39, 0.29) is 25.3 Å². The second-order valence-electron chi connectivity index (χ2n) is 7.73. The number of rotatable bonds is 9. The molecule has 1 unspecified atom stereocenters. The van der Waals surface area contributed by atoms with Crippen molar-refractivity contribution in [3.8, 4) is 16.9 Å². The van der Waals surface area contributed by atoms with Gasteiger partial charge in [0, 0.05) is 18.8 Å². The van der Waals surface area contributed by atoms with Crippen LogP contribution in [0.25, 0.3) is 11.1 Å². The number of anilines is 1. The lowest BCUT2D eigenvalue weighted by Crippen LogP contribution is -2.30. The van der Waals surface area contributed by atoms with Gasteiger partial charge in [-0.25, -0.2) is 0 Å². The van der Waals surface area contributed by atoms with E-state index >= 15 is 0 Å². The molecule has 0 fully saturated rings. The zero-order chi connectivity index (χ0) is 24.8. The van der Waals surface area contributed by atoms with E-state index in [1.807, 2.05) is 42.5 Å². The van der Waals surface area contributed by atoms with Crippen LogP contribution in [0, 0.1) is 0 Å². The lowest BCUT2D eigenvalue weighted by atomic mass is 10.0. The summed E-state index contributed by atoms with van der Waals surface area (Å²) in [5, 5.41) is 9.30. The molecule has 3 rings (SSSR count). The number of ether oxygens (including phenoxy) is 1. The van der Waals surface area contributed by atoms with E-state index in [2.05, 4.69) is 4.74 Å². The highest BCUT2D eigenvalue weighted by Gasteiger charge is 2.37. The predicted octanol–water partition coefficient (Wildman–Crippen LogP) is 6.96. The molecule has 0 saturated heterocycles. The maximum atomic E-state index is 12.7. The summed E-state index contributed by atoms with van der Waals surface area (Å²) < 4.78 is 79.7. The van der Waals surface area contributed by atoms with Gasteiger partial charge in [-0.2, -0.15) is 13.2 Å². The molecule has 3 nitrogen and oxygen atoms in total. The molecule has 0 aliphatic carbocycles. The summed E-state index contributed by atoms with van der Waals surface area (Å²) >= 11 is 0. The predicted molar refractivity (Wildman–Crippen MR) is 117 cm³/mol. The maximum absolute atomic E-state index is 12.7. The first-order valence-corrected chi connectivity index (χ1v) is 10.5. The van der Waals surface area contributed by atoms with Crippen molar-refractivity contribution in [1.29, 1.82) is 0 Å². The molecule has 0 amide bonds. The summed E-state index contributed by atoms with van der Waals surface area (Å²) in [6.07, 6.45) is -12.4. The second kappa shape index (κ2) is 10.8. The topological polar surface area (TPSA) is 32.7 Å². The SMILES string of the molecule is OC(CCCN(Cc1cccc(OC(F)(F)F)c1)c1ccc(-c2ccccc2)cc1)C(F)(F)F. The van der Waals surface area contributed by atoms with Crippen molar-refractivity contribution < 1.29 is 36.2 Å². The Morgan fingerprint density at radius 3 is 2.06 bits per heavy atom. The van der Waals surface area contributed by atoms with E-state index in [0.717, 1.165) is 11.1 Å². The lowest BCUT2D eigenvalue weighted by molar-refractivity contribution is -0.274. The molecule has 0 aliphatic rings. The van der Waals surface area contributed by atoms with Gasteiger partial charge in [-0.1, -0.05) is 54.6 Å². The van der Waals surface area contributed by atoms with Crippen molar-refractivity contribution in [3.63, 3.8) is 0 Å². The second-order valence-corrected chi connectivity index (χ2v) is 7.73. The van der Waals surface area contributed by atoms with Gasteiger partial charge in [0.15, 0.2) is 0 Å².